The Morgan fingerprint density at radius 2 is 2.04 bits per heavy atom. The van der Waals surface area contributed by atoms with Crippen molar-refractivity contribution >= 4 is 11.7 Å². The number of carbonyl (C=O) groups is 1. The molecule has 1 aliphatic rings. The largest absolute Gasteiger partial charge is 0.309 e. The molecule has 0 radical (unpaired) electrons. The highest BCUT2D eigenvalue weighted by molar-refractivity contribution is 5.94. The van der Waals surface area contributed by atoms with Gasteiger partial charge in [-0.15, -0.1) is 0 Å². The number of halogens is 1. The van der Waals surface area contributed by atoms with Crippen molar-refractivity contribution in [3.8, 4) is 5.69 Å². The first-order valence-corrected chi connectivity index (χ1v) is 7.25. The molecule has 0 unspecified atom stereocenters. The summed E-state index contributed by atoms with van der Waals surface area (Å²) >= 11 is 0. The predicted octanol–water partition coefficient (Wildman–Crippen LogP) is 2.88. The number of carbonyl (C=O) groups excluding carboxylic acids is 1. The molecule has 0 saturated heterocycles. The van der Waals surface area contributed by atoms with Gasteiger partial charge in [-0.25, -0.2) is 9.37 Å². The Kier molecular flexibility index (Phi) is 3.15. The predicted molar refractivity (Wildman–Crippen MR) is 82.8 cm³/mol. The molecule has 5 nitrogen and oxygen atoms in total. The van der Waals surface area contributed by atoms with Crippen molar-refractivity contribution in [1.82, 2.24) is 14.5 Å². The van der Waals surface area contributed by atoms with Crippen LogP contribution < -0.4 is 5.32 Å². The number of hydrogen-bond donors (Lipinski definition) is 1. The van der Waals surface area contributed by atoms with Crippen molar-refractivity contribution in [1.29, 1.82) is 0 Å². The van der Waals surface area contributed by atoms with Gasteiger partial charge in [0.1, 0.15) is 12.1 Å². The number of anilines is 1. The van der Waals surface area contributed by atoms with Gasteiger partial charge in [0.2, 0.25) is 5.91 Å². The van der Waals surface area contributed by atoms with Crippen molar-refractivity contribution in [2.75, 3.05) is 5.32 Å². The lowest BCUT2D eigenvalue weighted by atomic mass is 9.90. The van der Waals surface area contributed by atoms with E-state index in [1.165, 1.54) is 12.1 Å². The number of fused-ring (bicyclic) bond motifs is 1. The summed E-state index contributed by atoms with van der Waals surface area (Å²) < 4.78 is 15.1. The van der Waals surface area contributed by atoms with Gasteiger partial charge in [0.15, 0.2) is 5.82 Å². The fraction of sp³-hybridized carbons (Fsp3) is 0.118. The van der Waals surface area contributed by atoms with Gasteiger partial charge in [0.05, 0.1) is 5.69 Å². The quantitative estimate of drug-likeness (QED) is 0.792. The second-order valence-electron chi connectivity index (χ2n) is 5.42. The minimum absolute atomic E-state index is 0.0734. The van der Waals surface area contributed by atoms with Gasteiger partial charge in [0, 0.05) is 30.4 Å². The second kappa shape index (κ2) is 5.31. The molecule has 114 valence electrons. The van der Waals surface area contributed by atoms with Crippen LogP contribution in [0.2, 0.25) is 0 Å². The summed E-state index contributed by atoms with van der Waals surface area (Å²) in [5.41, 5.74) is 2.63. The summed E-state index contributed by atoms with van der Waals surface area (Å²) in [6.07, 6.45) is 5.43. The molecule has 4 rings (SSSR count). The Morgan fingerprint density at radius 3 is 2.78 bits per heavy atom. The lowest BCUT2D eigenvalue weighted by molar-refractivity contribution is -0.116. The van der Waals surface area contributed by atoms with Gasteiger partial charge in [-0.05, 0) is 35.9 Å². The highest BCUT2D eigenvalue weighted by Gasteiger charge is 2.31. The summed E-state index contributed by atoms with van der Waals surface area (Å²) in [6, 6.07) is 9.98. The Bertz CT molecular complexity index is 858. The van der Waals surface area contributed by atoms with Gasteiger partial charge >= 0.3 is 0 Å². The highest BCUT2D eigenvalue weighted by Crippen LogP contribution is 2.37. The Morgan fingerprint density at radius 1 is 1.22 bits per heavy atom. The van der Waals surface area contributed by atoms with Crippen molar-refractivity contribution in [2.24, 2.45) is 0 Å². The number of amides is 1. The fourth-order valence-electron chi connectivity index (χ4n) is 2.92. The molecule has 0 aliphatic carbocycles. The number of rotatable bonds is 2. The van der Waals surface area contributed by atoms with Gasteiger partial charge in [0.25, 0.3) is 0 Å². The standard InChI is InChI=1S/C17H13FN4O/c18-12-3-5-13(6-4-12)22-10-20-17-16(22)14(8-15(23)21-17)11-2-1-7-19-9-11/h1-7,9-10,14H,8H2,(H,21,23)/t14-/m1/s1. The van der Waals surface area contributed by atoms with Gasteiger partial charge < -0.3 is 9.88 Å². The van der Waals surface area contributed by atoms with Crippen LogP contribution in [0, 0.1) is 5.82 Å². The lowest BCUT2D eigenvalue weighted by Gasteiger charge is -2.24. The summed E-state index contributed by atoms with van der Waals surface area (Å²) in [5.74, 6) is 0.0370. The minimum Gasteiger partial charge on any atom is -0.309 e. The molecule has 0 bridgehead atoms. The third kappa shape index (κ3) is 2.38. The van der Waals surface area contributed by atoms with E-state index in [0.717, 1.165) is 16.9 Å². The molecule has 23 heavy (non-hydrogen) atoms. The second-order valence-corrected chi connectivity index (χ2v) is 5.42. The Balaban J connectivity index is 1.86. The minimum atomic E-state index is -0.292. The molecule has 0 saturated carbocycles. The van der Waals surface area contributed by atoms with E-state index in [2.05, 4.69) is 15.3 Å². The third-order valence-corrected chi connectivity index (χ3v) is 3.97. The lowest BCUT2D eigenvalue weighted by Crippen LogP contribution is -2.25. The van der Waals surface area contributed by atoms with E-state index in [9.17, 15) is 9.18 Å². The fourth-order valence-corrected chi connectivity index (χ4v) is 2.92. The number of nitrogens with one attached hydrogen (secondary N) is 1. The summed E-state index contributed by atoms with van der Waals surface area (Å²) in [6.45, 7) is 0. The zero-order chi connectivity index (χ0) is 15.8. The van der Waals surface area contributed by atoms with Gasteiger partial charge in [-0.2, -0.15) is 0 Å². The molecular weight excluding hydrogens is 295 g/mol. The van der Waals surface area contributed by atoms with Crippen LogP contribution in [0.3, 0.4) is 0 Å². The molecule has 0 spiro atoms. The number of pyridine rings is 1. The van der Waals surface area contributed by atoms with Crippen LogP contribution in [0.15, 0.2) is 55.1 Å². The van der Waals surface area contributed by atoms with E-state index in [1.807, 2.05) is 16.7 Å². The van der Waals surface area contributed by atoms with E-state index in [4.69, 9.17) is 0 Å². The summed E-state index contributed by atoms with van der Waals surface area (Å²) in [5, 5.41) is 2.80. The molecule has 6 heteroatoms. The average Bonchev–Trinajstić information content (AvgIpc) is 2.99. The molecule has 2 aromatic heterocycles. The maximum absolute atomic E-state index is 13.2. The molecule has 3 heterocycles. The molecule has 1 aromatic carbocycles. The van der Waals surface area contributed by atoms with Crippen LogP contribution in [-0.4, -0.2) is 20.4 Å². The number of nitrogens with zero attached hydrogens (tertiary/aromatic N) is 3. The summed E-state index contributed by atoms with van der Waals surface area (Å²) in [4.78, 5) is 20.4. The van der Waals surface area contributed by atoms with Crippen molar-refractivity contribution in [2.45, 2.75) is 12.3 Å². The average molecular weight is 308 g/mol. The van der Waals surface area contributed by atoms with Crippen LogP contribution in [0.1, 0.15) is 23.6 Å². The molecule has 1 amide bonds. The van der Waals surface area contributed by atoms with Crippen molar-refractivity contribution in [3.63, 3.8) is 0 Å². The SMILES string of the molecule is O=C1C[C@H](c2cccnc2)c2c(ncn2-c2ccc(F)cc2)N1. The number of hydrogen-bond acceptors (Lipinski definition) is 3. The maximum atomic E-state index is 13.2. The monoisotopic (exact) mass is 308 g/mol. The number of imidazole rings is 1. The zero-order valence-electron chi connectivity index (χ0n) is 12.1. The van der Waals surface area contributed by atoms with Crippen LogP contribution in [0.25, 0.3) is 5.69 Å². The maximum Gasteiger partial charge on any atom is 0.226 e. The van der Waals surface area contributed by atoms with Gasteiger partial charge in [-0.1, -0.05) is 6.07 Å². The van der Waals surface area contributed by atoms with Crippen LogP contribution in [0.4, 0.5) is 10.2 Å². The normalized spacial score (nSPS) is 16.7. The van der Waals surface area contributed by atoms with E-state index in [0.29, 0.717) is 12.2 Å². The van der Waals surface area contributed by atoms with Crippen molar-refractivity contribution < 1.29 is 9.18 Å². The van der Waals surface area contributed by atoms with E-state index in [-0.39, 0.29) is 17.6 Å². The number of aromatic nitrogens is 3. The van der Waals surface area contributed by atoms with E-state index in [1.54, 1.807) is 30.9 Å². The van der Waals surface area contributed by atoms with E-state index >= 15 is 0 Å². The third-order valence-electron chi connectivity index (χ3n) is 3.97. The van der Waals surface area contributed by atoms with Crippen LogP contribution >= 0.6 is 0 Å². The smallest absolute Gasteiger partial charge is 0.226 e. The molecule has 3 aromatic rings. The highest BCUT2D eigenvalue weighted by atomic mass is 19.1. The Labute approximate surface area is 131 Å². The number of benzene rings is 1. The zero-order valence-corrected chi connectivity index (χ0v) is 12.1. The van der Waals surface area contributed by atoms with Crippen LogP contribution in [0.5, 0.6) is 0 Å². The van der Waals surface area contributed by atoms with Crippen LogP contribution in [-0.2, 0) is 4.79 Å². The molecule has 1 aliphatic heterocycles. The van der Waals surface area contributed by atoms with Gasteiger partial charge in [-0.3, -0.25) is 9.78 Å². The topological polar surface area (TPSA) is 59.8 Å². The molecule has 1 N–H and O–H groups in total. The first-order chi connectivity index (χ1) is 11.2. The first-order valence-electron chi connectivity index (χ1n) is 7.25. The van der Waals surface area contributed by atoms with Crippen molar-refractivity contribution in [3.05, 3.63) is 72.2 Å². The first kappa shape index (κ1) is 13.6. The molecular formula is C17H13FN4O. The molecule has 0 fully saturated rings. The van der Waals surface area contributed by atoms with E-state index < -0.39 is 0 Å². The Hall–Kier alpha value is -3.02. The molecule has 1 atom stereocenters. The summed E-state index contributed by atoms with van der Waals surface area (Å²) in [7, 11) is 0.